The van der Waals surface area contributed by atoms with Gasteiger partial charge in [0, 0.05) is 71.8 Å². The Morgan fingerprint density at radius 3 is 2.14 bits per heavy atom. The van der Waals surface area contributed by atoms with Gasteiger partial charge in [0.25, 0.3) is 5.91 Å². The molecule has 8 heteroatoms. The van der Waals surface area contributed by atoms with E-state index in [1.165, 1.54) is 29.7 Å². The first-order valence-corrected chi connectivity index (χ1v) is 12.8. The third-order valence-corrected chi connectivity index (χ3v) is 6.70. The Balaban J connectivity index is 1.35. The molecule has 2 amide bonds. The van der Waals surface area contributed by atoms with Crippen molar-refractivity contribution < 1.29 is 14.3 Å². The van der Waals surface area contributed by atoms with Gasteiger partial charge in [0.05, 0.1) is 12.2 Å². The molecular formula is C29H35N5O3. The molecule has 2 heterocycles. The molecule has 1 aromatic heterocycles. The van der Waals surface area contributed by atoms with Crippen molar-refractivity contribution in [2.24, 2.45) is 0 Å². The smallest absolute Gasteiger partial charge is 0.274 e. The van der Waals surface area contributed by atoms with Crippen LogP contribution in [0.4, 0.5) is 0 Å². The van der Waals surface area contributed by atoms with Gasteiger partial charge in [-0.15, -0.1) is 0 Å². The lowest BCUT2D eigenvalue weighted by Gasteiger charge is -2.40. The van der Waals surface area contributed by atoms with Crippen molar-refractivity contribution in [2.45, 2.75) is 18.9 Å². The van der Waals surface area contributed by atoms with Gasteiger partial charge < -0.3 is 14.5 Å². The van der Waals surface area contributed by atoms with Crippen LogP contribution in [0.25, 0.3) is 0 Å². The first-order chi connectivity index (χ1) is 18.2. The second-order valence-electron chi connectivity index (χ2n) is 9.12. The topological polar surface area (TPSA) is 78.9 Å². The summed E-state index contributed by atoms with van der Waals surface area (Å²) >= 11 is 0. The van der Waals surface area contributed by atoms with Crippen molar-refractivity contribution >= 4 is 11.8 Å². The van der Waals surface area contributed by atoms with Crippen molar-refractivity contribution in [1.82, 2.24) is 24.7 Å². The van der Waals surface area contributed by atoms with Crippen LogP contribution in [-0.2, 0) is 9.53 Å². The first-order valence-electron chi connectivity index (χ1n) is 12.8. The van der Waals surface area contributed by atoms with Gasteiger partial charge in [-0.05, 0) is 17.5 Å². The van der Waals surface area contributed by atoms with Gasteiger partial charge in [-0.3, -0.25) is 19.5 Å². The highest BCUT2D eigenvalue weighted by atomic mass is 16.5. The molecule has 194 valence electrons. The summed E-state index contributed by atoms with van der Waals surface area (Å²) in [5.74, 6) is -0.144. The molecule has 8 nitrogen and oxygen atoms in total. The molecule has 0 atom stereocenters. The molecule has 0 unspecified atom stereocenters. The van der Waals surface area contributed by atoms with E-state index < -0.39 is 0 Å². The third kappa shape index (κ3) is 7.21. The molecule has 1 aliphatic heterocycles. The largest absolute Gasteiger partial charge is 0.385 e. The summed E-state index contributed by atoms with van der Waals surface area (Å²) in [5.41, 5.74) is 2.79. The molecule has 4 rings (SSSR count). The van der Waals surface area contributed by atoms with E-state index in [-0.39, 0.29) is 30.0 Å². The minimum absolute atomic E-state index is 0.0688. The summed E-state index contributed by atoms with van der Waals surface area (Å²) in [5, 5.41) is 0. The van der Waals surface area contributed by atoms with E-state index in [0.717, 1.165) is 13.1 Å². The summed E-state index contributed by atoms with van der Waals surface area (Å²) in [4.78, 5) is 40.3. The lowest BCUT2D eigenvalue weighted by Crippen LogP contribution is -2.50. The number of ether oxygens (including phenoxy) is 1. The van der Waals surface area contributed by atoms with Gasteiger partial charge in [-0.25, -0.2) is 4.98 Å². The second kappa shape index (κ2) is 13.6. The molecule has 0 spiro atoms. The Kier molecular flexibility index (Phi) is 9.74. The molecule has 2 aromatic carbocycles. The molecule has 37 heavy (non-hydrogen) atoms. The Hall–Kier alpha value is -3.62. The van der Waals surface area contributed by atoms with Crippen LogP contribution in [0.15, 0.2) is 79.3 Å². The van der Waals surface area contributed by atoms with Crippen molar-refractivity contribution in [3.8, 4) is 0 Å². The lowest BCUT2D eigenvalue weighted by atomic mass is 9.96. The molecular weight excluding hydrogens is 466 g/mol. The first kappa shape index (κ1) is 26.4. The number of aromatic nitrogens is 2. The van der Waals surface area contributed by atoms with Crippen LogP contribution in [0.5, 0.6) is 0 Å². The average molecular weight is 502 g/mol. The quantitative estimate of drug-likeness (QED) is 0.375. The molecule has 3 aromatic rings. The summed E-state index contributed by atoms with van der Waals surface area (Å²) < 4.78 is 5.15. The zero-order valence-electron chi connectivity index (χ0n) is 21.4. The molecule has 0 saturated carbocycles. The standard InChI is InChI=1S/C29H35N5O3/c1-37-22-8-16-34(29(36)26-23-30-14-15-31-26)17-13-27(35)32-18-20-33(21-19-32)28(24-9-4-2-5-10-24)25-11-6-3-7-12-25/h2-7,9-12,14-15,23,28H,8,13,16-22H2,1H3. The van der Waals surface area contributed by atoms with Crippen molar-refractivity contribution in [2.75, 3.05) is 53.0 Å². The summed E-state index contributed by atoms with van der Waals surface area (Å²) in [6, 6.07) is 21.2. The number of carbonyl (C=O) groups is 2. The minimum atomic E-state index is -0.213. The molecule has 0 radical (unpaired) electrons. The van der Waals surface area contributed by atoms with E-state index in [1.807, 2.05) is 17.0 Å². The minimum Gasteiger partial charge on any atom is -0.385 e. The van der Waals surface area contributed by atoms with Crippen molar-refractivity contribution in [3.05, 3.63) is 96.1 Å². The van der Waals surface area contributed by atoms with Crippen LogP contribution < -0.4 is 0 Å². The molecule has 1 aliphatic rings. The maximum Gasteiger partial charge on any atom is 0.274 e. The molecule has 0 N–H and O–H groups in total. The average Bonchev–Trinajstić information content (AvgIpc) is 2.96. The Labute approximate surface area is 218 Å². The van der Waals surface area contributed by atoms with Crippen LogP contribution in [0, 0.1) is 0 Å². The maximum absolute atomic E-state index is 13.1. The fourth-order valence-electron chi connectivity index (χ4n) is 4.79. The number of amides is 2. The second-order valence-corrected chi connectivity index (χ2v) is 9.12. The number of carbonyl (C=O) groups excluding carboxylic acids is 2. The highest BCUT2D eigenvalue weighted by molar-refractivity contribution is 5.92. The number of piperazine rings is 1. The lowest BCUT2D eigenvalue weighted by molar-refractivity contribution is -0.133. The van der Waals surface area contributed by atoms with E-state index in [2.05, 4.69) is 63.4 Å². The van der Waals surface area contributed by atoms with Crippen molar-refractivity contribution in [3.63, 3.8) is 0 Å². The van der Waals surface area contributed by atoms with Gasteiger partial charge in [-0.2, -0.15) is 0 Å². The number of hydrogen-bond donors (Lipinski definition) is 0. The van der Waals surface area contributed by atoms with Crippen LogP contribution in [0.3, 0.4) is 0 Å². The summed E-state index contributed by atoms with van der Waals surface area (Å²) in [6.07, 6.45) is 5.47. The number of hydrogen-bond acceptors (Lipinski definition) is 6. The van der Waals surface area contributed by atoms with Crippen LogP contribution in [0.1, 0.15) is 40.5 Å². The fourth-order valence-corrected chi connectivity index (χ4v) is 4.79. The monoisotopic (exact) mass is 501 g/mol. The van der Waals surface area contributed by atoms with Gasteiger partial charge >= 0.3 is 0 Å². The maximum atomic E-state index is 13.1. The van der Waals surface area contributed by atoms with Gasteiger partial charge in [0.1, 0.15) is 5.69 Å². The molecule has 0 aliphatic carbocycles. The predicted molar refractivity (Wildman–Crippen MR) is 142 cm³/mol. The molecule has 0 bridgehead atoms. The predicted octanol–water partition coefficient (Wildman–Crippen LogP) is 3.28. The third-order valence-electron chi connectivity index (χ3n) is 6.70. The van der Waals surface area contributed by atoms with Crippen LogP contribution in [0.2, 0.25) is 0 Å². The van der Waals surface area contributed by atoms with Crippen LogP contribution >= 0.6 is 0 Å². The number of rotatable bonds is 11. The normalized spacial score (nSPS) is 14.1. The van der Waals surface area contributed by atoms with E-state index in [0.29, 0.717) is 39.2 Å². The number of methoxy groups -OCH3 is 1. The SMILES string of the molecule is COCCCN(CCC(=O)N1CCN(C(c2ccccc2)c2ccccc2)CC1)C(=O)c1cnccn1. The van der Waals surface area contributed by atoms with Crippen LogP contribution in [-0.4, -0.2) is 89.5 Å². The van der Waals surface area contributed by atoms with Gasteiger partial charge in [-0.1, -0.05) is 60.7 Å². The van der Waals surface area contributed by atoms with Gasteiger partial charge in [0.2, 0.25) is 5.91 Å². The zero-order chi connectivity index (χ0) is 25.9. The van der Waals surface area contributed by atoms with E-state index in [1.54, 1.807) is 12.0 Å². The Morgan fingerprint density at radius 2 is 1.57 bits per heavy atom. The highest BCUT2D eigenvalue weighted by Gasteiger charge is 2.28. The van der Waals surface area contributed by atoms with E-state index >= 15 is 0 Å². The number of benzene rings is 2. The number of nitrogens with zero attached hydrogens (tertiary/aromatic N) is 5. The Bertz CT molecular complexity index is 1070. The van der Waals surface area contributed by atoms with E-state index in [4.69, 9.17) is 4.74 Å². The summed E-state index contributed by atoms with van der Waals surface area (Å²) in [6.45, 7) is 4.29. The molecule has 1 fully saturated rings. The zero-order valence-corrected chi connectivity index (χ0v) is 21.4. The molecule has 1 saturated heterocycles. The van der Waals surface area contributed by atoms with Gasteiger partial charge in [0.15, 0.2) is 0 Å². The fraction of sp³-hybridized carbons (Fsp3) is 0.379. The highest BCUT2D eigenvalue weighted by Crippen LogP contribution is 2.29. The van der Waals surface area contributed by atoms with Crippen molar-refractivity contribution in [1.29, 1.82) is 0 Å². The van der Waals surface area contributed by atoms with E-state index in [9.17, 15) is 9.59 Å². The summed E-state index contributed by atoms with van der Waals surface area (Å²) in [7, 11) is 1.64. The Morgan fingerprint density at radius 1 is 0.919 bits per heavy atom.